The molecule has 0 aliphatic carbocycles. The SMILES string of the molecule is COc1cc2c(cc1-c1c(C)noc1C)ncc1c2n(C(C)c2ccccn2)c(=O)n1CC(=O)NOCCOCCOCCOCCOCCOCCOCCNC(=O)CC1N=C(c2ccc(Cl)cc2)c2c(sc(C)c2C)-n2c(C)nnc21. The monoisotopic (exact) mass is 1180 g/mol. The summed E-state index contributed by atoms with van der Waals surface area (Å²) < 4.78 is 50.0. The summed E-state index contributed by atoms with van der Waals surface area (Å²) in [7, 11) is 1.58. The van der Waals surface area contributed by atoms with Gasteiger partial charge in [0, 0.05) is 44.7 Å². The molecule has 2 unspecified atom stereocenters. The molecule has 9 rings (SSSR count). The largest absolute Gasteiger partial charge is 0.496 e. The summed E-state index contributed by atoms with van der Waals surface area (Å²) in [5.41, 5.74) is 10.4. The van der Waals surface area contributed by atoms with Crippen molar-refractivity contribution in [1.29, 1.82) is 0 Å². The van der Waals surface area contributed by atoms with Crippen LogP contribution in [0.1, 0.15) is 75.8 Å². The van der Waals surface area contributed by atoms with E-state index in [4.69, 9.17) is 64.1 Å². The smallest absolute Gasteiger partial charge is 0.330 e. The molecule has 23 nitrogen and oxygen atoms in total. The van der Waals surface area contributed by atoms with Crippen LogP contribution in [0.3, 0.4) is 0 Å². The highest BCUT2D eigenvalue weighted by molar-refractivity contribution is 7.15. The van der Waals surface area contributed by atoms with Gasteiger partial charge in [-0.1, -0.05) is 35.0 Å². The fraction of sp³-hybridized carbons (Fsp3) is 0.431. The van der Waals surface area contributed by atoms with Crippen molar-refractivity contribution in [3.05, 3.63) is 133 Å². The predicted octanol–water partition coefficient (Wildman–Crippen LogP) is 7.10. The maximum atomic E-state index is 14.3. The number of methoxy groups -OCH3 is 1. The summed E-state index contributed by atoms with van der Waals surface area (Å²) in [6, 6.07) is 15.8. The molecule has 25 heteroatoms. The molecule has 2 atom stereocenters. The zero-order valence-corrected chi connectivity index (χ0v) is 49.1. The number of thiophene rings is 1. The van der Waals surface area contributed by atoms with Crippen LogP contribution in [0.25, 0.3) is 38.1 Å². The molecule has 0 bridgehead atoms. The first-order valence-corrected chi connectivity index (χ1v) is 28.5. The minimum Gasteiger partial charge on any atom is -0.496 e. The van der Waals surface area contributed by atoms with Crippen LogP contribution in [0.5, 0.6) is 5.75 Å². The van der Waals surface area contributed by atoms with E-state index in [1.165, 1.54) is 9.44 Å². The van der Waals surface area contributed by atoms with Gasteiger partial charge in [0.25, 0.3) is 5.91 Å². The van der Waals surface area contributed by atoms with Crippen LogP contribution in [0.2, 0.25) is 5.02 Å². The van der Waals surface area contributed by atoms with Gasteiger partial charge in [0.05, 0.1) is 151 Å². The van der Waals surface area contributed by atoms with E-state index in [0.717, 1.165) is 44.4 Å². The van der Waals surface area contributed by atoms with Gasteiger partial charge in [-0.25, -0.2) is 10.3 Å². The minimum atomic E-state index is -0.556. The molecule has 2 amide bonds. The van der Waals surface area contributed by atoms with E-state index in [1.54, 1.807) is 35.4 Å². The molecule has 0 saturated heterocycles. The standard InChI is InChI=1S/C58H68ClN11O12S/c1-35-39(5)83-57-52(35)54(41-11-13-42(59)14-12-41)63-47(56-65-64-40(6)70(56)57)32-50(71)61-16-17-75-18-19-76-20-21-77-22-23-78-24-25-79-26-27-80-28-29-81-67-51(72)34-68-48-33-62-46-30-44(53-36(2)66-82-38(53)4)49(74-7)31-43(46)55(48)69(58(68)73)37(3)45-10-8-9-15-60-45/h8-15,30-31,33,37,47H,16-29,32,34H2,1-7H3,(H,61,71)(H,67,72). The summed E-state index contributed by atoms with van der Waals surface area (Å²) in [4.78, 5) is 61.8. The Morgan fingerprint density at radius 1 is 0.795 bits per heavy atom. The van der Waals surface area contributed by atoms with Gasteiger partial charge in [0.15, 0.2) is 5.82 Å². The van der Waals surface area contributed by atoms with Crippen LogP contribution >= 0.6 is 22.9 Å². The molecule has 2 aromatic carbocycles. The first kappa shape index (κ1) is 60.3. The average molecular weight is 1180 g/mol. The zero-order chi connectivity index (χ0) is 58.4. The molecule has 0 saturated carbocycles. The van der Waals surface area contributed by atoms with Gasteiger partial charge in [-0.15, -0.1) is 21.5 Å². The van der Waals surface area contributed by atoms with Crippen LogP contribution < -0.4 is 21.2 Å². The van der Waals surface area contributed by atoms with Gasteiger partial charge < -0.3 is 43.0 Å². The number of rotatable bonds is 31. The van der Waals surface area contributed by atoms with Crippen molar-refractivity contribution >= 4 is 62.4 Å². The number of imidazole rings is 1. The molecule has 2 N–H and O–H groups in total. The van der Waals surface area contributed by atoms with Crippen molar-refractivity contribution in [2.45, 2.75) is 66.6 Å². The van der Waals surface area contributed by atoms with Gasteiger partial charge in [-0.2, -0.15) is 0 Å². The van der Waals surface area contributed by atoms with Gasteiger partial charge in [-0.05, 0) is 83.5 Å². The summed E-state index contributed by atoms with van der Waals surface area (Å²) in [6.07, 6.45) is 3.35. The summed E-state index contributed by atoms with van der Waals surface area (Å²) in [6.45, 7) is 16.0. The molecular formula is C58H68ClN11O12S. The first-order valence-electron chi connectivity index (χ1n) is 27.3. The number of carbonyl (C=O) groups is 2. The van der Waals surface area contributed by atoms with Crippen LogP contribution in [0.15, 0.2) is 81.3 Å². The number of aliphatic imine (C=N–C) groups is 1. The summed E-state index contributed by atoms with van der Waals surface area (Å²) >= 11 is 7.90. The van der Waals surface area contributed by atoms with E-state index in [1.807, 2.05) is 86.9 Å². The lowest BCUT2D eigenvalue weighted by atomic mass is 9.99. The predicted molar refractivity (Wildman–Crippen MR) is 311 cm³/mol. The second kappa shape index (κ2) is 28.8. The van der Waals surface area contributed by atoms with E-state index in [2.05, 4.69) is 45.0 Å². The quantitative estimate of drug-likeness (QED) is 0.0324. The van der Waals surface area contributed by atoms with Crippen molar-refractivity contribution in [2.75, 3.05) is 99.5 Å². The zero-order valence-electron chi connectivity index (χ0n) is 47.5. The number of hydroxylamine groups is 1. The molecule has 7 heterocycles. The first-order chi connectivity index (χ1) is 40.3. The van der Waals surface area contributed by atoms with E-state index in [-0.39, 0.29) is 32.1 Å². The van der Waals surface area contributed by atoms with Crippen molar-refractivity contribution in [1.82, 2.24) is 49.8 Å². The lowest BCUT2D eigenvalue weighted by Gasteiger charge is -2.15. The molecule has 8 aromatic rings. The van der Waals surface area contributed by atoms with Gasteiger partial charge in [-0.3, -0.25) is 43.1 Å². The van der Waals surface area contributed by atoms with Gasteiger partial charge in [0.2, 0.25) is 5.91 Å². The van der Waals surface area contributed by atoms with Crippen molar-refractivity contribution in [3.63, 3.8) is 0 Å². The third-order valence-corrected chi connectivity index (χ3v) is 15.3. The number of nitrogens with one attached hydrogen (secondary N) is 2. The molecule has 0 spiro atoms. The third-order valence-electron chi connectivity index (χ3n) is 13.9. The summed E-state index contributed by atoms with van der Waals surface area (Å²) in [5, 5.41) is 18.2. The molecule has 1 aliphatic rings. The Hall–Kier alpha value is -7.26. The Bertz CT molecular complexity index is 3580. The maximum Gasteiger partial charge on any atom is 0.330 e. The van der Waals surface area contributed by atoms with Crippen LogP contribution in [0.4, 0.5) is 0 Å². The van der Waals surface area contributed by atoms with Gasteiger partial charge >= 0.3 is 5.69 Å². The maximum absolute atomic E-state index is 14.3. The van der Waals surface area contributed by atoms with Crippen LogP contribution in [-0.2, 0) is 49.4 Å². The molecule has 0 fully saturated rings. The third kappa shape index (κ3) is 14.4. The number of halogens is 1. The molecule has 440 valence electrons. The molecule has 83 heavy (non-hydrogen) atoms. The second-order valence-electron chi connectivity index (χ2n) is 19.4. The summed E-state index contributed by atoms with van der Waals surface area (Å²) in [5.74, 6) is 1.81. The van der Waals surface area contributed by atoms with Crippen molar-refractivity contribution in [2.24, 2.45) is 4.99 Å². The highest BCUT2D eigenvalue weighted by Gasteiger charge is 2.33. The molecule has 0 radical (unpaired) electrons. The van der Waals surface area contributed by atoms with Gasteiger partial charge in [0.1, 0.15) is 34.9 Å². The Morgan fingerprint density at radius 3 is 2.08 bits per heavy atom. The highest BCUT2D eigenvalue weighted by Crippen LogP contribution is 2.41. The Morgan fingerprint density at radius 2 is 1.46 bits per heavy atom. The Labute approximate surface area is 488 Å². The Balaban J connectivity index is 0.601. The number of carbonyl (C=O) groups excluding carboxylic acids is 2. The number of benzene rings is 2. The fourth-order valence-electron chi connectivity index (χ4n) is 9.73. The number of aryl methyl sites for hydroxylation is 4. The fourth-order valence-corrected chi connectivity index (χ4v) is 11.1. The Kier molecular flexibility index (Phi) is 21.0. The number of hydrogen-bond acceptors (Lipinski definition) is 19. The van der Waals surface area contributed by atoms with E-state index >= 15 is 0 Å². The van der Waals surface area contributed by atoms with E-state index < -0.39 is 23.7 Å². The normalized spacial score (nSPS) is 13.5. The van der Waals surface area contributed by atoms with Crippen LogP contribution in [0, 0.1) is 34.6 Å². The second-order valence-corrected chi connectivity index (χ2v) is 21.1. The van der Waals surface area contributed by atoms with Crippen LogP contribution in [-0.4, -0.2) is 156 Å². The average Bonchev–Trinajstić information content (AvgIpc) is 3.27. The molecule has 1 aliphatic heterocycles. The van der Waals surface area contributed by atoms with E-state index in [0.29, 0.717) is 135 Å². The number of ether oxygens (including phenoxy) is 7. The molecule has 6 aromatic heterocycles. The number of nitrogens with zero attached hydrogens (tertiary/aromatic N) is 9. The van der Waals surface area contributed by atoms with Crippen molar-refractivity contribution < 1.29 is 52.1 Å². The number of pyridine rings is 2. The van der Waals surface area contributed by atoms with Crippen molar-refractivity contribution in [3.8, 4) is 21.9 Å². The van der Waals surface area contributed by atoms with E-state index in [9.17, 15) is 14.4 Å². The minimum absolute atomic E-state index is 0.0682. The number of fused-ring (bicyclic) bond motifs is 6. The lowest BCUT2D eigenvalue weighted by Crippen LogP contribution is -2.34. The molecular weight excluding hydrogens is 1110 g/mol. The number of hydrogen-bond donors (Lipinski definition) is 2. The lowest BCUT2D eigenvalue weighted by molar-refractivity contribution is -0.135. The highest BCUT2D eigenvalue weighted by atomic mass is 35.5. The number of aromatic nitrogens is 8. The number of amides is 2. The topological polar surface area (TPSA) is 254 Å².